The molecule has 0 bridgehead atoms. The van der Waals surface area contributed by atoms with Crippen molar-refractivity contribution in [2.75, 3.05) is 0 Å². The van der Waals surface area contributed by atoms with E-state index in [2.05, 4.69) is 13.8 Å². The monoisotopic (exact) mass is 222 g/mol. The molecule has 2 aliphatic rings. The molecule has 2 rings (SSSR count). The molecule has 2 unspecified atom stereocenters. The molecule has 0 spiro atoms. The van der Waals surface area contributed by atoms with Crippen LogP contribution < -0.4 is 0 Å². The fraction of sp³-hybridized carbons (Fsp3) is 0.933. The summed E-state index contributed by atoms with van der Waals surface area (Å²) < 4.78 is 0. The molecular formula is C15H26O. The lowest BCUT2D eigenvalue weighted by atomic mass is 9.72. The van der Waals surface area contributed by atoms with E-state index < -0.39 is 0 Å². The average Bonchev–Trinajstić information content (AvgIpc) is 2.73. The van der Waals surface area contributed by atoms with Crippen molar-refractivity contribution in [1.82, 2.24) is 0 Å². The van der Waals surface area contributed by atoms with Gasteiger partial charge < -0.3 is 0 Å². The van der Waals surface area contributed by atoms with Crippen LogP contribution in [0.25, 0.3) is 0 Å². The normalized spacial score (nSPS) is 32.6. The first kappa shape index (κ1) is 12.1. The van der Waals surface area contributed by atoms with Crippen LogP contribution in [0.5, 0.6) is 0 Å². The third-order valence-electron chi connectivity index (χ3n) is 4.84. The minimum atomic E-state index is 0.421. The van der Waals surface area contributed by atoms with Crippen molar-refractivity contribution in [2.24, 2.45) is 23.7 Å². The lowest BCUT2D eigenvalue weighted by Crippen LogP contribution is -2.28. The van der Waals surface area contributed by atoms with Gasteiger partial charge in [-0.3, -0.25) is 4.79 Å². The van der Waals surface area contributed by atoms with Crippen molar-refractivity contribution < 1.29 is 4.79 Å². The second-order valence-corrected chi connectivity index (χ2v) is 6.33. The predicted molar refractivity (Wildman–Crippen MR) is 67.3 cm³/mol. The molecule has 1 heteroatoms. The van der Waals surface area contributed by atoms with E-state index in [1.165, 1.54) is 38.5 Å². The number of Topliss-reactive ketones (excluding diaryl/α,β-unsaturated/α-hetero) is 1. The van der Waals surface area contributed by atoms with Gasteiger partial charge in [0.1, 0.15) is 5.78 Å². The number of carbonyl (C=O) groups is 1. The number of carbonyl (C=O) groups excluding carboxylic acids is 1. The Morgan fingerprint density at radius 2 is 1.88 bits per heavy atom. The molecule has 0 aromatic carbocycles. The maximum Gasteiger partial charge on any atom is 0.136 e. The maximum absolute atomic E-state index is 12.0. The SMILES string of the molecule is CC(C)C1CCC(=O)C(CC2CCCC2)C1. The Morgan fingerprint density at radius 3 is 2.50 bits per heavy atom. The van der Waals surface area contributed by atoms with Crippen molar-refractivity contribution in [2.45, 2.75) is 65.2 Å². The van der Waals surface area contributed by atoms with Gasteiger partial charge in [0, 0.05) is 12.3 Å². The standard InChI is InChI=1S/C15H26O/c1-11(2)13-7-8-15(16)14(10-13)9-12-5-3-4-6-12/h11-14H,3-10H2,1-2H3. The van der Waals surface area contributed by atoms with Crippen LogP contribution in [0.3, 0.4) is 0 Å². The van der Waals surface area contributed by atoms with Crippen LogP contribution in [0.2, 0.25) is 0 Å². The van der Waals surface area contributed by atoms with Gasteiger partial charge in [-0.05, 0) is 37.0 Å². The molecule has 2 saturated carbocycles. The summed E-state index contributed by atoms with van der Waals surface area (Å²) in [6, 6.07) is 0. The highest BCUT2D eigenvalue weighted by atomic mass is 16.1. The Balaban J connectivity index is 1.87. The summed E-state index contributed by atoms with van der Waals surface area (Å²) in [5.74, 6) is 3.44. The molecule has 0 amide bonds. The van der Waals surface area contributed by atoms with Gasteiger partial charge in [0.25, 0.3) is 0 Å². The van der Waals surface area contributed by atoms with E-state index >= 15 is 0 Å². The smallest absolute Gasteiger partial charge is 0.136 e. The molecule has 0 aromatic heterocycles. The van der Waals surface area contributed by atoms with Crippen molar-refractivity contribution in [1.29, 1.82) is 0 Å². The number of rotatable bonds is 3. The maximum atomic E-state index is 12.0. The fourth-order valence-electron chi connectivity index (χ4n) is 3.63. The predicted octanol–water partition coefficient (Wildman–Crippen LogP) is 4.21. The number of hydrogen-bond donors (Lipinski definition) is 0. The van der Waals surface area contributed by atoms with Gasteiger partial charge in [0.05, 0.1) is 0 Å². The van der Waals surface area contributed by atoms with Gasteiger partial charge in [0.2, 0.25) is 0 Å². The molecule has 0 saturated heterocycles. The Kier molecular flexibility index (Phi) is 4.05. The van der Waals surface area contributed by atoms with E-state index in [0.29, 0.717) is 11.7 Å². The second kappa shape index (κ2) is 5.33. The molecule has 0 radical (unpaired) electrons. The first-order valence-corrected chi connectivity index (χ1v) is 7.19. The zero-order valence-electron chi connectivity index (χ0n) is 10.9. The third kappa shape index (κ3) is 2.87. The Labute approximate surface area is 100.0 Å². The highest BCUT2D eigenvalue weighted by Gasteiger charge is 2.32. The molecule has 0 N–H and O–H groups in total. The van der Waals surface area contributed by atoms with Crippen LogP contribution in [0.4, 0.5) is 0 Å². The van der Waals surface area contributed by atoms with E-state index in [9.17, 15) is 4.79 Å². The molecule has 16 heavy (non-hydrogen) atoms. The molecule has 2 fully saturated rings. The van der Waals surface area contributed by atoms with Gasteiger partial charge in [0.15, 0.2) is 0 Å². The Bertz CT molecular complexity index is 236. The lowest BCUT2D eigenvalue weighted by molar-refractivity contribution is -0.126. The Morgan fingerprint density at radius 1 is 1.19 bits per heavy atom. The van der Waals surface area contributed by atoms with Gasteiger partial charge in [-0.1, -0.05) is 39.5 Å². The van der Waals surface area contributed by atoms with E-state index in [1.807, 2.05) is 0 Å². The first-order valence-electron chi connectivity index (χ1n) is 7.19. The van der Waals surface area contributed by atoms with E-state index in [4.69, 9.17) is 0 Å². The molecule has 2 aliphatic carbocycles. The van der Waals surface area contributed by atoms with E-state index in [0.717, 1.165) is 30.6 Å². The van der Waals surface area contributed by atoms with Gasteiger partial charge in [-0.2, -0.15) is 0 Å². The minimum Gasteiger partial charge on any atom is -0.299 e. The average molecular weight is 222 g/mol. The van der Waals surface area contributed by atoms with Gasteiger partial charge >= 0.3 is 0 Å². The molecule has 1 nitrogen and oxygen atoms in total. The van der Waals surface area contributed by atoms with Crippen LogP contribution in [0, 0.1) is 23.7 Å². The van der Waals surface area contributed by atoms with Crippen LogP contribution in [-0.2, 0) is 4.79 Å². The van der Waals surface area contributed by atoms with Crippen molar-refractivity contribution in [3.63, 3.8) is 0 Å². The molecule has 92 valence electrons. The minimum absolute atomic E-state index is 0.421. The Hall–Kier alpha value is -0.330. The summed E-state index contributed by atoms with van der Waals surface area (Å²) in [5.41, 5.74) is 0. The summed E-state index contributed by atoms with van der Waals surface area (Å²) in [7, 11) is 0. The van der Waals surface area contributed by atoms with Crippen molar-refractivity contribution in [3.05, 3.63) is 0 Å². The molecule has 2 atom stereocenters. The topological polar surface area (TPSA) is 17.1 Å². The van der Waals surface area contributed by atoms with Crippen LogP contribution in [0.15, 0.2) is 0 Å². The zero-order chi connectivity index (χ0) is 11.5. The van der Waals surface area contributed by atoms with Crippen LogP contribution in [0.1, 0.15) is 65.2 Å². The van der Waals surface area contributed by atoms with Gasteiger partial charge in [-0.25, -0.2) is 0 Å². The number of ketones is 1. The second-order valence-electron chi connectivity index (χ2n) is 6.33. The summed E-state index contributed by atoms with van der Waals surface area (Å²) in [6.07, 6.45) is 9.98. The van der Waals surface area contributed by atoms with Crippen molar-refractivity contribution >= 4 is 5.78 Å². The van der Waals surface area contributed by atoms with Gasteiger partial charge in [-0.15, -0.1) is 0 Å². The summed E-state index contributed by atoms with van der Waals surface area (Å²) >= 11 is 0. The highest BCUT2D eigenvalue weighted by molar-refractivity contribution is 5.81. The molecule has 0 aromatic rings. The third-order valence-corrected chi connectivity index (χ3v) is 4.84. The zero-order valence-corrected chi connectivity index (χ0v) is 10.9. The van der Waals surface area contributed by atoms with E-state index in [1.54, 1.807) is 0 Å². The first-order chi connectivity index (χ1) is 7.66. The lowest BCUT2D eigenvalue weighted by Gasteiger charge is -2.31. The van der Waals surface area contributed by atoms with E-state index in [-0.39, 0.29) is 0 Å². The van der Waals surface area contributed by atoms with Crippen LogP contribution in [-0.4, -0.2) is 5.78 Å². The molecule has 0 aliphatic heterocycles. The number of hydrogen-bond acceptors (Lipinski definition) is 1. The quantitative estimate of drug-likeness (QED) is 0.699. The largest absolute Gasteiger partial charge is 0.299 e. The summed E-state index contributed by atoms with van der Waals surface area (Å²) in [4.78, 5) is 12.0. The molecular weight excluding hydrogens is 196 g/mol. The molecule has 0 heterocycles. The summed E-state index contributed by atoms with van der Waals surface area (Å²) in [5, 5.41) is 0. The fourth-order valence-corrected chi connectivity index (χ4v) is 3.63. The van der Waals surface area contributed by atoms with Crippen molar-refractivity contribution in [3.8, 4) is 0 Å². The highest BCUT2D eigenvalue weighted by Crippen LogP contribution is 2.38. The van der Waals surface area contributed by atoms with Crippen LogP contribution >= 0.6 is 0 Å². The summed E-state index contributed by atoms with van der Waals surface area (Å²) in [6.45, 7) is 4.63.